The van der Waals surface area contributed by atoms with Crippen molar-refractivity contribution in [1.29, 1.82) is 0 Å². The number of rotatable bonds is 2. The van der Waals surface area contributed by atoms with E-state index < -0.39 is 23.3 Å². The van der Waals surface area contributed by atoms with E-state index in [-0.39, 0.29) is 5.56 Å². The first kappa shape index (κ1) is 12.3. The average Bonchev–Trinajstić information content (AvgIpc) is 2.17. The fourth-order valence-electron chi connectivity index (χ4n) is 1.25. The molecule has 5 heteroatoms. The zero-order valence-corrected chi connectivity index (χ0v) is 8.38. The zero-order valence-electron chi connectivity index (χ0n) is 8.38. The minimum atomic E-state index is -4.92. The lowest BCUT2D eigenvalue weighted by atomic mass is 10.0. The van der Waals surface area contributed by atoms with E-state index in [4.69, 9.17) is 5.11 Å². The molecule has 1 aromatic rings. The maximum Gasteiger partial charge on any atom is 0.449 e. The van der Waals surface area contributed by atoms with Gasteiger partial charge in [0.1, 0.15) is 0 Å². The number of carbonyl (C=O) groups excluding carboxylic acids is 1. The van der Waals surface area contributed by atoms with Gasteiger partial charge in [-0.3, -0.25) is 4.79 Å². The SMILES string of the molecule is CC(=O)/C(=C(\O)C(F)(F)F)c1ccccc1. The van der Waals surface area contributed by atoms with Gasteiger partial charge in [-0.25, -0.2) is 0 Å². The second-order valence-electron chi connectivity index (χ2n) is 3.14. The van der Waals surface area contributed by atoms with Crippen molar-refractivity contribution < 1.29 is 23.1 Å². The average molecular weight is 230 g/mol. The van der Waals surface area contributed by atoms with Gasteiger partial charge in [0.25, 0.3) is 0 Å². The van der Waals surface area contributed by atoms with Crippen LogP contribution in [0.4, 0.5) is 13.2 Å². The molecule has 0 aliphatic heterocycles. The Hall–Kier alpha value is -1.78. The third-order valence-corrected chi connectivity index (χ3v) is 1.92. The third-order valence-electron chi connectivity index (χ3n) is 1.92. The molecule has 0 aliphatic carbocycles. The largest absolute Gasteiger partial charge is 0.504 e. The van der Waals surface area contributed by atoms with Crippen LogP contribution in [0.1, 0.15) is 12.5 Å². The fourth-order valence-corrected chi connectivity index (χ4v) is 1.25. The van der Waals surface area contributed by atoms with Crippen molar-refractivity contribution in [3.8, 4) is 0 Å². The quantitative estimate of drug-likeness (QED) is 0.626. The Labute approximate surface area is 90.0 Å². The van der Waals surface area contributed by atoms with Crippen molar-refractivity contribution in [2.75, 3.05) is 0 Å². The number of Topliss-reactive ketones (excluding diaryl/α,β-unsaturated/α-hetero) is 1. The van der Waals surface area contributed by atoms with Crippen LogP contribution in [0, 0.1) is 0 Å². The van der Waals surface area contributed by atoms with E-state index in [9.17, 15) is 18.0 Å². The van der Waals surface area contributed by atoms with Crippen molar-refractivity contribution in [1.82, 2.24) is 0 Å². The van der Waals surface area contributed by atoms with E-state index in [2.05, 4.69) is 0 Å². The van der Waals surface area contributed by atoms with Crippen LogP contribution < -0.4 is 0 Å². The van der Waals surface area contributed by atoms with Gasteiger partial charge < -0.3 is 5.11 Å². The summed E-state index contributed by atoms with van der Waals surface area (Å²) in [4.78, 5) is 11.1. The Morgan fingerprint density at radius 2 is 1.69 bits per heavy atom. The predicted molar refractivity (Wildman–Crippen MR) is 52.7 cm³/mol. The standard InChI is InChI=1S/C11H9F3O2/c1-7(15)9(10(16)11(12,13)14)8-5-3-2-4-6-8/h2-6,16H,1H3/b10-9+. The van der Waals surface area contributed by atoms with E-state index >= 15 is 0 Å². The molecule has 0 atom stereocenters. The van der Waals surface area contributed by atoms with Crippen molar-refractivity contribution in [3.05, 3.63) is 41.7 Å². The molecule has 0 aliphatic rings. The fraction of sp³-hybridized carbons (Fsp3) is 0.182. The van der Waals surface area contributed by atoms with Gasteiger partial charge in [0, 0.05) is 0 Å². The van der Waals surface area contributed by atoms with Crippen LogP contribution in [-0.4, -0.2) is 17.1 Å². The third kappa shape index (κ3) is 2.62. The summed E-state index contributed by atoms with van der Waals surface area (Å²) in [5, 5.41) is 9.00. The molecule has 0 heterocycles. The van der Waals surface area contributed by atoms with E-state index in [0.717, 1.165) is 6.92 Å². The number of benzene rings is 1. The van der Waals surface area contributed by atoms with Gasteiger partial charge >= 0.3 is 6.18 Å². The lowest BCUT2D eigenvalue weighted by molar-refractivity contribution is -0.123. The second kappa shape index (κ2) is 4.38. The minimum Gasteiger partial charge on any atom is -0.504 e. The van der Waals surface area contributed by atoms with E-state index in [1.807, 2.05) is 0 Å². The number of alkyl halides is 3. The monoisotopic (exact) mass is 230 g/mol. The van der Waals surface area contributed by atoms with E-state index in [1.165, 1.54) is 24.3 Å². The van der Waals surface area contributed by atoms with Gasteiger partial charge in [-0.05, 0) is 12.5 Å². The highest BCUT2D eigenvalue weighted by molar-refractivity contribution is 6.20. The topological polar surface area (TPSA) is 37.3 Å². The Bertz CT molecular complexity index is 419. The number of hydrogen-bond donors (Lipinski definition) is 1. The molecule has 1 aromatic carbocycles. The van der Waals surface area contributed by atoms with E-state index in [0.29, 0.717) is 0 Å². The highest BCUT2D eigenvalue weighted by Gasteiger charge is 2.38. The first-order valence-electron chi connectivity index (χ1n) is 4.41. The van der Waals surface area contributed by atoms with Gasteiger partial charge in [0.15, 0.2) is 5.78 Å². The molecule has 0 saturated heterocycles. The van der Waals surface area contributed by atoms with Crippen molar-refractivity contribution in [2.24, 2.45) is 0 Å². The highest BCUT2D eigenvalue weighted by atomic mass is 19.4. The summed E-state index contributed by atoms with van der Waals surface area (Å²) < 4.78 is 36.9. The summed E-state index contributed by atoms with van der Waals surface area (Å²) in [6, 6.07) is 7.24. The Kier molecular flexibility index (Phi) is 3.37. The summed E-state index contributed by atoms with van der Waals surface area (Å²) in [5.74, 6) is -2.69. The molecule has 86 valence electrons. The maximum atomic E-state index is 12.3. The smallest absolute Gasteiger partial charge is 0.449 e. The zero-order chi connectivity index (χ0) is 12.3. The number of ketones is 1. The van der Waals surface area contributed by atoms with Gasteiger partial charge in [-0.1, -0.05) is 30.3 Å². The summed E-state index contributed by atoms with van der Waals surface area (Å²) in [6.45, 7) is 0.976. The molecule has 0 radical (unpaired) electrons. The van der Waals surface area contributed by atoms with Gasteiger partial charge in [-0.2, -0.15) is 13.2 Å². The Morgan fingerprint density at radius 1 is 1.19 bits per heavy atom. The van der Waals surface area contributed by atoms with Crippen molar-refractivity contribution in [2.45, 2.75) is 13.1 Å². The van der Waals surface area contributed by atoms with Gasteiger partial charge in [-0.15, -0.1) is 0 Å². The highest BCUT2D eigenvalue weighted by Crippen LogP contribution is 2.30. The van der Waals surface area contributed by atoms with Crippen LogP contribution in [0.5, 0.6) is 0 Å². The summed E-state index contributed by atoms with van der Waals surface area (Å²) in [6.07, 6.45) is -4.92. The molecule has 0 bridgehead atoms. The molecule has 1 N–H and O–H groups in total. The van der Waals surface area contributed by atoms with Crippen LogP contribution in [0.25, 0.3) is 5.57 Å². The molecule has 0 unspecified atom stereocenters. The summed E-state index contributed by atoms with van der Waals surface area (Å²) >= 11 is 0. The molecule has 0 fully saturated rings. The first-order valence-corrected chi connectivity index (χ1v) is 4.41. The first-order chi connectivity index (χ1) is 7.34. The molecular weight excluding hydrogens is 221 g/mol. The molecule has 1 rings (SSSR count). The van der Waals surface area contributed by atoms with Crippen LogP contribution in [-0.2, 0) is 4.79 Å². The van der Waals surface area contributed by atoms with Crippen LogP contribution >= 0.6 is 0 Å². The van der Waals surface area contributed by atoms with Gasteiger partial charge in [0.05, 0.1) is 5.57 Å². The maximum absolute atomic E-state index is 12.3. The number of aliphatic hydroxyl groups excluding tert-OH is 1. The number of hydrogen-bond acceptors (Lipinski definition) is 2. The Morgan fingerprint density at radius 3 is 2.06 bits per heavy atom. The molecule has 0 saturated carbocycles. The Balaban J connectivity index is 3.37. The van der Waals surface area contributed by atoms with Gasteiger partial charge in [0.2, 0.25) is 5.76 Å². The molecule has 0 amide bonds. The molecule has 0 aromatic heterocycles. The minimum absolute atomic E-state index is 0.0461. The number of allylic oxidation sites excluding steroid dienone is 2. The number of carbonyl (C=O) groups is 1. The molecule has 2 nitrogen and oxygen atoms in total. The molecule has 0 spiro atoms. The second-order valence-corrected chi connectivity index (χ2v) is 3.14. The summed E-state index contributed by atoms with van der Waals surface area (Å²) in [5.41, 5.74) is -0.669. The van der Waals surface area contributed by atoms with Crippen LogP contribution in [0.3, 0.4) is 0 Å². The molecule has 16 heavy (non-hydrogen) atoms. The van der Waals surface area contributed by atoms with Crippen molar-refractivity contribution in [3.63, 3.8) is 0 Å². The van der Waals surface area contributed by atoms with Crippen LogP contribution in [0.2, 0.25) is 0 Å². The normalized spacial score (nSPS) is 13.2. The number of halogens is 3. The van der Waals surface area contributed by atoms with Crippen molar-refractivity contribution >= 4 is 11.4 Å². The predicted octanol–water partition coefficient (Wildman–Crippen LogP) is 3.11. The van der Waals surface area contributed by atoms with Crippen LogP contribution in [0.15, 0.2) is 36.1 Å². The summed E-state index contributed by atoms with van der Waals surface area (Å²) in [7, 11) is 0. The lowest BCUT2D eigenvalue weighted by Gasteiger charge is -2.10. The van der Waals surface area contributed by atoms with E-state index in [1.54, 1.807) is 6.07 Å². The lowest BCUT2D eigenvalue weighted by Crippen LogP contribution is -2.16. The number of aliphatic hydroxyl groups is 1. The molecular formula is C11H9F3O2.